The second-order valence-corrected chi connectivity index (χ2v) is 11.6. The number of halogens is 4. The van der Waals surface area contributed by atoms with Gasteiger partial charge in [-0.3, -0.25) is 4.57 Å². The standard InChI is InChI=1S/C27H36F4NO4PS/c28-23-10-8-22(9-11-23)26(13-2-1-3-14-26)15-4-5-18-38-25-12-7-21(19-24(25)36-27(29,30)31)20-32-16-6-17-35-37(33)34/h7-12,19,32,37H,1-6,13-18,20H2,(H,33,34). The number of rotatable bonds is 15. The molecule has 1 aliphatic carbocycles. The maximum atomic E-state index is 13.5. The van der Waals surface area contributed by atoms with Crippen molar-refractivity contribution in [2.24, 2.45) is 0 Å². The molecule has 11 heteroatoms. The number of nitrogens with one attached hydrogen (secondary N) is 1. The van der Waals surface area contributed by atoms with Gasteiger partial charge in [0.05, 0.1) is 6.61 Å². The number of alkyl halides is 3. The zero-order valence-corrected chi connectivity index (χ0v) is 23.1. The fraction of sp³-hybridized carbons (Fsp3) is 0.556. The van der Waals surface area contributed by atoms with E-state index >= 15 is 0 Å². The van der Waals surface area contributed by atoms with Gasteiger partial charge in [0, 0.05) is 11.4 Å². The second-order valence-electron chi connectivity index (χ2n) is 9.63. The van der Waals surface area contributed by atoms with E-state index in [1.54, 1.807) is 12.1 Å². The number of unbranched alkanes of at least 4 members (excludes halogenated alkanes) is 1. The van der Waals surface area contributed by atoms with Crippen molar-refractivity contribution < 1.29 is 36.3 Å². The fourth-order valence-electron chi connectivity index (χ4n) is 5.04. The Morgan fingerprint density at radius 1 is 1.03 bits per heavy atom. The molecular formula is C27H36F4NO4PS. The third-order valence-electron chi connectivity index (χ3n) is 6.86. The van der Waals surface area contributed by atoms with Crippen molar-refractivity contribution in [1.82, 2.24) is 5.32 Å². The van der Waals surface area contributed by atoms with Crippen LogP contribution in [0, 0.1) is 5.82 Å². The van der Waals surface area contributed by atoms with E-state index in [1.807, 2.05) is 12.1 Å². The molecule has 2 aromatic rings. The zero-order valence-electron chi connectivity index (χ0n) is 21.3. The Morgan fingerprint density at radius 2 is 1.76 bits per heavy atom. The molecule has 1 atom stereocenters. The number of hydrogen-bond donors (Lipinski definition) is 2. The van der Waals surface area contributed by atoms with Gasteiger partial charge in [0.1, 0.15) is 11.6 Å². The van der Waals surface area contributed by atoms with Crippen LogP contribution in [0.1, 0.15) is 68.9 Å². The minimum atomic E-state index is -4.79. The van der Waals surface area contributed by atoms with Crippen LogP contribution in [0.25, 0.3) is 0 Å². The van der Waals surface area contributed by atoms with Crippen molar-refractivity contribution in [3.8, 4) is 5.75 Å². The van der Waals surface area contributed by atoms with E-state index < -0.39 is 14.6 Å². The van der Waals surface area contributed by atoms with Crippen molar-refractivity contribution in [2.75, 3.05) is 18.9 Å². The molecule has 0 amide bonds. The molecule has 0 spiro atoms. The first-order chi connectivity index (χ1) is 18.2. The molecule has 0 heterocycles. The summed E-state index contributed by atoms with van der Waals surface area (Å²) in [5.74, 6) is 0.222. The van der Waals surface area contributed by atoms with Crippen LogP contribution >= 0.6 is 20.0 Å². The van der Waals surface area contributed by atoms with Crippen molar-refractivity contribution in [3.05, 3.63) is 59.4 Å². The van der Waals surface area contributed by atoms with Gasteiger partial charge in [0.25, 0.3) is 0 Å². The Bertz CT molecular complexity index is 1020. The molecule has 0 aromatic heterocycles. The first-order valence-electron chi connectivity index (χ1n) is 13.0. The highest BCUT2D eigenvalue weighted by atomic mass is 32.2. The quantitative estimate of drug-likeness (QED) is 0.0976. The predicted octanol–water partition coefficient (Wildman–Crippen LogP) is 7.77. The molecule has 1 saturated carbocycles. The molecule has 212 valence electrons. The topological polar surface area (TPSA) is 67.8 Å². The van der Waals surface area contributed by atoms with Crippen LogP contribution < -0.4 is 10.1 Å². The Hall–Kier alpha value is -1.58. The van der Waals surface area contributed by atoms with Gasteiger partial charge in [-0.2, -0.15) is 0 Å². The molecule has 0 radical (unpaired) electrons. The Morgan fingerprint density at radius 3 is 2.45 bits per heavy atom. The van der Waals surface area contributed by atoms with Gasteiger partial charge in [0.15, 0.2) is 0 Å². The summed E-state index contributed by atoms with van der Waals surface area (Å²) in [6, 6.07) is 11.7. The van der Waals surface area contributed by atoms with Crippen molar-refractivity contribution in [1.29, 1.82) is 0 Å². The molecule has 3 rings (SSSR count). The first-order valence-corrected chi connectivity index (χ1v) is 15.3. The van der Waals surface area contributed by atoms with Crippen molar-refractivity contribution >= 4 is 20.0 Å². The molecule has 0 aliphatic heterocycles. The highest BCUT2D eigenvalue weighted by molar-refractivity contribution is 7.99. The van der Waals surface area contributed by atoms with Crippen LogP contribution in [0.3, 0.4) is 0 Å². The van der Waals surface area contributed by atoms with E-state index in [0.29, 0.717) is 35.7 Å². The third kappa shape index (κ3) is 10.5. The number of ether oxygens (including phenoxy) is 1. The minimum absolute atomic E-state index is 0.0537. The Balaban J connectivity index is 1.52. The zero-order chi connectivity index (χ0) is 27.4. The molecular weight excluding hydrogens is 541 g/mol. The minimum Gasteiger partial charge on any atom is -0.405 e. The van der Waals surface area contributed by atoms with Gasteiger partial charge < -0.3 is 19.5 Å². The lowest BCUT2D eigenvalue weighted by Crippen LogP contribution is -2.29. The van der Waals surface area contributed by atoms with Crippen molar-refractivity contribution in [3.63, 3.8) is 0 Å². The summed E-state index contributed by atoms with van der Waals surface area (Å²) in [5.41, 5.74) is 1.88. The van der Waals surface area contributed by atoms with Crippen LogP contribution in [0.15, 0.2) is 47.4 Å². The first kappa shape index (κ1) is 31.0. The summed E-state index contributed by atoms with van der Waals surface area (Å²) < 4.78 is 72.1. The number of thioether (sulfide) groups is 1. The van der Waals surface area contributed by atoms with Crippen LogP contribution in [0.2, 0.25) is 0 Å². The van der Waals surface area contributed by atoms with Gasteiger partial charge in [0.2, 0.25) is 0 Å². The predicted molar refractivity (Wildman–Crippen MR) is 142 cm³/mol. The average Bonchev–Trinajstić information content (AvgIpc) is 2.87. The molecule has 2 aromatic carbocycles. The van der Waals surface area contributed by atoms with E-state index in [-0.39, 0.29) is 23.6 Å². The molecule has 1 unspecified atom stereocenters. The van der Waals surface area contributed by atoms with Crippen LogP contribution in [-0.4, -0.2) is 30.2 Å². The van der Waals surface area contributed by atoms with E-state index in [4.69, 9.17) is 4.89 Å². The van der Waals surface area contributed by atoms with Crippen molar-refractivity contribution in [2.45, 2.75) is 81.0 Å². The van der Waals surface area contributed by atoms with Crippen LogP contribution in [0.5, 0.6) is 5.75 Å². The van der Waals surface area contributed by atoms with E-state index in [2.05, 4.69) is 14.6 Å². The third-order valence-corrected chi connectivity index (χ3v) is 8.45. The largest absolute Gasteiger partial charge is 0.573 e. The molecule has 1 fully saturated rings. The second kappa shape index (κ2) is 15.3. The maximum Gasteiger partial charge on any atom is 0.573 e. The molecule has 5 nitrogen and oxygen atoms in total. The summed E-state index contributed by atoms with van der Waals surface area (Å²) >= 11 is 1.36. The van der Waals surface area contributed by atoms with E-state index in [1.165, 1.54) is 41.9 Å². The van der Waals surface area contributed by atoms with E-state index in [0.717, 1.165) is 44.9 Å². The Labute approximate surface area is 226 Å². The van der Waals surface area contributed by atoms with E-state index in [9.17, 15) is 22.1 Å². The highest BCUT2D eigenvalue weighted by Gasteiger charge is 2.34. The lowest BCUT2D eigenvalue weighted by molar-refractivity contribution is -0.275. The van der Waals surface area contributed by atoms with Gasteiger partial charge in [-0.1, -0.05) is 43.9 Å². The summed E-state index contributed by atoms with van der Waals surface area (Å²) in [6.07, 6.45) is 4.18. The Kier molecular flexibility index (Phi) is 12.4. The summed E-state index contributed by atoms with van der Waals surface area (Å²) in [5, 5.41) is 3.08. The monoisotopic (exact) mass is 577 g/mol. The lowest BCUT2D eigenvalue weighted by Gasteiger charge is -2.38. The molecule has 1 aliphatic rings. The molecule has 0 bridgehead atoms. The molecule has 38 heavy (non-hydrogen) atoms. The summed E-state index contributed by atoms with van der Waals surface area (Å²) in [7, 11) is -2.95. The van der Waals surface area contributed by atoms with Crippen LogP contribution in [0.4, 0.5) is 17.6 Å². The fourth-order valence-corrected chi connectivity index (χ4v) is 6.33. The summed E-state index contributed by atoms with van der Waals surface area (Å²) in [4.78, 5) is 9.08. The van der Waals surface area contributed by atoms with Gasteiger partial charge in [-0.15, -0.1) is 24.9 Å². The normalized spacial score (nSPS) is 16.3. The SMILES string of the molecule is O=[PH](O)OCCCNCc1ccc(SCCCCC2(c3ccc(F)cc3)CCCCC2)c(OC(F)(F)F)c1. The average molecular weight is 578 g/mol. The van der Waals surface area contributed by atoms with Gasteiger partial charge >= 0.3 is 14.6 Å². The smallest absolute Gasteiger partial charge is 0.405 e. The van der Waals surface area contributed by atoms with Gasteiger partial charge in [-0.05, 0) is 85.2 Å². The highest BCUT2D eigenvalue weighted by Crippen LogP contribution is 2.43. The lowest BCUT2D eigenvalue weighted by atomic mass is 9.67. The van der Waals surface area contributed by atoms with Crippen LogP contribution in [-0.2, 0) is 21.0 Å². The number of benzene rings is 2. The van der Waals surface area contributed by atoms with Gasteiger partial charge in [-0.25, -0.2) is 4.39 Å². The molecule has 0 saturated heterocycles. The summed E-state index contributed by atoms with van der Waals surface area (Å²) in [6.45, 7) is 0.948. The number of hydrogen-bond acceptors (Lipinski definition) is 5. The molecule has 2 N–H and O–H groups in total. The maximum absolute atomic E-state index is 13.5.